The molecule has 0 amide bonds. The standard InChI is InChI=1S/C12H15BrN2O2/c1-12(2,3)17-15-7-14-9-6-11(16-4)8(13)5-10(9)15/h5-7H,1-4H3. The maximum absolute atomic E-state index is 5.78. The molecule has 0 aliphatic carbocycles. The third-order valence-corrected chi connectivity index (χ3v) is 2.78. The van der Waals surface area contributed by atoms with E-state index in [4.69, 9.17) is 9.57 Å². The lowest BCUT2D eigenvalue weighted by Gasteiger charge is -2.21. The van der Waals surface area contributed by atoms with Crippen molar-refractivity contribution in [2.75, 3.05) is 7.11 Å². The average molecular weight is 299 g/mol. The molecule has 2 rings (SSSR count). The van der Waals surface area contributed by atoms with Gasteiger partial charge in [-0.3, -0.25) is 0 Å². The minimum atomic E-state index is -0.264. The van der Waals surface area contributed by atoms with E-state index in [-0.39, 0.29) is 5.60 Å². The smallest absolute Gasteiger partial charge is 0.135 e. The molecule has 17 heavy (non-hydrogen) atoms. The zero-order valence-corrected chi connectivity index (χ0v) is 11.9. The van der Waals surface area contributed by atoms with E-state index in [2.05, 4.69) is 20.9 Å². The van der Waals surface area contributed by atoms with E-state index in [1.54, 1.807) is 18.2 Å². The second kappa shape index (κ2) is 4.22. The third-order valence-electron chi connectivity index (χ3n) is 2.16. The van der Waals surface area contributed by atoms with Gasteiger partial charge in [0.25, 0.3) is 0 Å². The number of rotatable bonds is 2. The predicted octanol–water partition coefficient (Wildman–Crippen LogP) is 3.03. The molecule has 0 unspecified atom stereocenters. The van der Waals surface area contributed by atoms with Gasteiger partial charge in [0.2, 0.25) is 0 Å². The van der Waals surface area contributed by atoms with E-state index in [1.165, 1.54) is 0 Å². The third kappa shape index (κ3) is 2.54. The van der Waals surface area contributed by atoms with Crippen LogP contribution in [0, 0.1) is 0 Å². The second-order valence-electron chi connectivity index (χ2n) is 4.75. The van der Waals surface area contributed by atoms with Crippen LogP contribution in [0.5, 0.6) is 5.75 Å². The monoisotopic (exact) mass is 298 g/mol. The van der Waals surface area contributed by atoms with E-state index in [0.29, 0.717) is 0 Å². The first kappa shape index (κ1) is 12.2. The summed E-state index contributed by atoms with van der Waals surface area (Å²) in [4.78, 5) is 10.1. The molecule has 0 saturated heterocycles. The highest BCUT2D eigenvalue weighted by molar-refractivity contribution is 9.10. The first-order chi connectivity index (χ1) is 7.90. The Morgan fingerprint density at radius 3 is 2.59 bits per heavy atom. The first-order valence-corrected chi connectivity index (χ1v) is 6.10. The van der Waals surface area contributed by atoms with Crippen LogP contribution in [-0.2, 0) is 0 Å². The highest BCUT2D eigenvalue weighted by atomic mass is 79.9. The molecule has 0 atom stereocenters. The molecule has 0 radical (unpaired) electrons. The number of benzene rings is 1. The van der Waals surface area contributed by atoms with Crippen LogP contribution in [-0.4, -0.2) is 22.4 Å². The number of aromatic nitrogens is 2. The van der Waals surface area contributed by atoms with Gasteiger partial charge < -0.3 is 9.57 Å². The molecule has 2 aromatic rings. The summed E-state index contributed by atoms with van der Waals surface area (Å²) in [5.41, 5.74) is 1.49. The van der Waals surface area contributed by atoms with Crippen molar-refractivity contribution in [3.05, 3.63) is 22.9 Å². The maximum Gasteiger partial charge on any atom is 0.135 e. The summed E-state index contributed by atoms with van der Waals surface area (Å²) in [6, 6.07) is 3.81. The van der Waals surface area contributed by atoms with Crippen LogP contribution in [0.1, 0.15) is 20.8 Å². The number of nitrogens with zero attached hydrogens (tertiary/aromatic N) is 2. The highest BCUT2D eigenvalue weighted by Gasteiger charge is 2.15. The number of halogens is 1. The van der Waals surface area contributed by atoms with Crippen molar-refractivity contribution in [1.29, 1.82) is 0 Å². The quantitative estimate of drug-likeness (QED) is 0.855. The van der Waals surface area contributed by atoms with Crippen molar-refractivity contribution in [3.63, 3.8) is 0 Å². The van der Waals surface area contributed by atoms with Crippen molar-refractivity contribution in [3.8, 4) is 5.75 Å². The Hall–Kier alpha value is -1.23. The number of imidazole rings is 1. The molecule has 0 N–H and O–H groups in total. The zero-order valence-electron chi connectivity index (χ0n) is 10.3. The summed E-state index contributed by atoms with van der Waals surface area (Å²) in [6.07, 6.45) is 1.67. The Labute approximate surface area is 109 Å². The summed E-state index contributed by atoms with van der Waals surface area (Å²) in [5, 5.41) is 0. The predicted molar refractivity (Wildman–Crippen MR) is 70.3 cm³/mol. The lowest BCUT2D eigenvalue weighted by Crippen LogP contribution is -2.30. The van der Waals surface area contributed by atoms with E-state index < -0.39 is 0 Å². The van der Waals surface area contributed by atoms with Gasteiger partial charge in [-0.05, 0) is 42.8 Å². The molecule has 1 aromatic heterocycles. The molecule has 0 aliphatic rings. The maximum atomic E-state index is 5.78. The topological polar surface area (TPSA) is 36.3 Å². The number of hydrogen-bond acceptors (Lipinski definition) is 3. The minimum Gasteiger partial charge on any atom is -0.495 e. The van der Waals surface area contributed by atoms with E-state index >= 15 is 0 Å². The van der Waals surface area contributed by atoms with Crippen LogP contribution < -0.4 is 9.57 Å². The van der Waals surface area contributed by atoms with Crippen LogP contribution in [0.2, 0.25) is 0 Å². The molecule has 1 heterocycles. The Balaban J connectivity index is 2.50. The fourth-order valence-electron chi connectivity index (χ4n) is 1.51. The molecule has 5 heteroatoms. The Morgan fingerprint density at radius 2 is 2.00 bits per heavy atom. The molecule has 0 fully saturated rings. The van der Waals surface area contributed by atoms with Crippen LogP contribution in [0.15, 0.2) is 22.9 Å². The number of hydrogen-bond donors (Lipinski definition) is 0. The Bertz CT molecular complexity index is 543. The van der Waals surface area contributed by atoms with E-state index in [0.717, 1.165) is 21.3 Å². The van der Waals surface area contributed by atoms with Crippen LogP contribution >= 0.6 is 15.9 Å². The van der Waals surface area contributed by atoms with Crippen molar-refractivity contribution in [1.82, 2.24) is 9.71 Å². The van der Waals surface area contributed by atoms with Gasteiger partial charge in [0.05, 0.1) is 17.1 Å². The second-order valence-corrected chi connectivity index (χ2v) is 5.60. The molecule has 0 aliphatic heterocycles. The molecule has 4 nitrogen and oxygen atoms in total. The van der Waals surface area contributed by atoms with Crippen LogP contribution in [0.4, 0.5) is 0 Å². The van der Waals surface area contributed by atoms with Crippen molar-refractivity contribution in [2.24, 2.45) is 0 Å². The number of methoxy groups -OCH3 is 1. The molecule has 0 spiro atoms. The molecular formula is C12H15BrN2O2. The molecule has 0 saturated carbocycles. The molecule has 92 valence electrons. The lowest BCUT2D eigenvalue weighted by atomic mass is 10.2. The summed E-state index contributed by atoms with van der Waals surface area (Å²) in [6.45, 7) is 5.99. The fraction of sp³-hybridized carbons (Fsp3) is 0.417. The summed E-state index contributed by atoms with van der Waals surface area (Å²) < 4.78 is 7.79. The van der Waals surface area contributed by atoms with E-state index in [1.807, 2.05) is 32.9 Å². The summed E-state index contributed by atoms with van der Waals surface area (Å²) in [5.74, 6) is 0.763. The van der Waals surface area contributed by atoms with Crippen molar-refractivity contribution >= 4 is 27.0 Å². The molecule has 1 aromatic carbocycles. The van der Waals surface area contributed by atoms with Crippen LogP contribution in [0.25, 0.3) is 11.0 Å². The van der Waals surface area contributed by atoms with Gasteiger partial charge >= 0.3 is 0 Å². The minimum absolute atomic E-state index is 0.264. The normalized spacial score (nSPS) is 11.8. The van der Waals surface area contributed by atoms with E-state index in [9.17, 15) is 0 Å². The van der Waals surface area contributed by atoms with Gasteiger partial charge in [-0.2, -0.15) is 4.73 Å². The largest absolute Gasteiger partial charge is 0.495 e. The van der Waals surface area contributed by atoms with Gasteiger partial charge in [-0.15, -0.1) is 0 Å². The summed E-state index contributed by atoms with van der Waals surface area (Å²) >= 11 is 3.45. The number of fused-ring (bicyclic) bond motifs is 1. The average Bonchev–Trinajstić information content (AvgIpc) is 2.57. The van der Waals surface area contributed by atoms with Crippen molar-refractivity contribution in [2.45, 2.75) is 26.4 Å². The Kier molecular flexibility index (Phi) is 3.03. The first-order valence-electron chi connectivity index (χ1n) is 5.31. The lowest BCUT2D eigenvalue weighted by molar-refractivity contribution is -0.00902. The van der Waals surface area contributed by atoms with Gasteiger partial charge in [-0.25, -0.2) is 4.98 Å². The van der Waals surface area contributed by atoms with Gasteiger partial charge in [-0.1, -0.05) is 0 Å². The molecule has 0 bridgehead atoms. The summed E-state index contributed by atoms with van der Waals surface area (Å²) in [7, 11) is 1.63. The molecular weight excluding hydrogens is 284 g/mol. The number of ether oxygens (including phenoxy) is 1. The van der Waals surface area contributed by atoms with Gasteiger partial charge in [0.1, 0.15) is 23.2 Å². The highest BCUT2D eigenvalue weighted by Crippen LogP contribution is 2.29. The fourth-order valence-corrected chi connectivity index (χ4v) is 2.01. The van der Waals surface area contributed by atoms with Crippen molar-refractivity contribution < 1.29 is 9.57 Å². The van der Waals surface area contributed by atoms with Crippen LogP contribution in [0.3, 0.4) is 0 Å². The van der Waals surface area contributed by atoms with Gasteiger partial charge in [0.15, 0.2) is 0 Å². The SMILES string of the molecule is COc1cc2ncn(OC(C)(C)C)c2cc1Br. The van der Waals surface area contributed by atoms with Gasteiger partial charge in [0, 0.05) is 6.07 Å². The Morgan fingerprint density at radius 1 is 1.29 bits per heavy atom. The zero-order chi connectivity index (χ0) is 12.6.